The van der Waals surface area contributed by atoms with Gasteiger partial charge in [-0.1, -0.05) is 6.42 Å². The van der Waals surface area contributed by atoms with Gasteiger partial charge in [0.1, 0.15) is 6.10 Å². The number of hydrogen-bond donors (Lipinski definition) is 2. The average Bonchev–Trinajstić information content (AvgIpc) is 2.96. The number of hydrogen-bond acceptors (Lipinski definition) is 3. The smallest absolute Gasteiger partial charge is 0.249 e. The number of aliphatic hydroxyl groups excluding tert-OH is 1. The lowest BCUT2D eigenvalue weighted by Gasteiger charge is -2.19. The summed E-state index contributed by atoms with van der Waals surface area (Å²) < 4.78 is 5.32. The van der Waals surface area contributed by atoms with E-state index in [-0.39, 0.29) is 18.6 Å². The molecule has 1 aliphatic heterocycles. The predicted molar refractivity (Wildman–Crippen MR) is 59.9 cm³/mol. The number of carbonyl (C=O) groups is 1. The molecule has 4 heteroatoms. The van der Waals surface area contributed by atoms with Crippen LogP contribution in [0.5, 0.6) is 0 Å². The van der Waals surface area contributed by atoms with Crippen LogP contribution in [0.25, 0.3) is 0 Å². The minimum Gasteiger partial charge on any atom is -0.396 e. The van der Waals surface area contributed by atoms with Gasteiger partial charge >= 0.3 is 0 Å². The summed E-state index contributed by atoms with van der Waals surface area (Å²) in [5.41, 5.74) is 0. The van der Waals surface area contributed by atoms with Gasteiger partial charge in [-0.15, -0.1) is 0 Å². The number of carbonyl (C=O) groups excluding carboxylic acids is 1. The highest BCUT2D eigenvalue weighted by atomic mass is 16.5. The standard InChI is InChI=1S/C12H21NO3/c14-8-10-4-1-3-9(10)7-13-12(15)11-5-2-6-16-11/h9-11,14H,1-8H2,(H,13,15)/t9?,10?,11-/m1/s1. The molecule has 0 aromatic heterocycles. The number of rotatable bonds is 4. The first-order chi connectivity index (χ1) is 7.81. The Labute approximate surface area is 96.4 Å². The van der Waals surface area contributed by atoms with Gasteiger partial charge in [-0.2, -0.15) is 0 Å². The zero-order valence-electron chi connectivity index (χ0n) is 9.65. The van der Waals surface area contributed by atoms with Gasteiger partial charge in [-0.05, 0) is 37.5 Å². The van der Waals surface area contributed by atoms with E-state index in [2.05, 4.69) is 5.32 Å². The maximum absolute atomic E-state index is 11.7. The Balaban J connectivity index is 1.71. The maximum Gasteiger partial charge on any atom is 0.249 e. The van der Waals surface area contributed by atoms with E-state index in [1.54, 1.807) is 0 Å². The van der Waals surface area contributed by atoms with Gasteiger partial charge in [0, 0.05) is 19.8 Å². The summed E-state index contributed by atoms with van der Waals surface area (Å²) in [6, 6.07) is 0. The summed E-state index contributed by atoms with van der Waals surface area (Å²) in [5, 5.41) is 12.1. The van der Waals surface area contributed by atoms with Crippen molar-refractivity contribution in [3.05, 3.63) is 0 Å². The first-order valence-corrected chi connectivity index (χ1v) is 6.31. The van der Waals surface area contributed by atoms with E-state index >= 15 is 0 Å². The molecule has 1 amide bonds. The number of nitrogens with one attached hydrogen (secondary N) is 1. The van der Waals surface area contributed by atoms with Crippen molar-refractivity contribution in [3.8, 4) is 0 Å². The molecule has 0 radical (unpaired) electrons. The van der Waals surface area contributed by atoms with E-state index in [1.807, 2.05) is 0 Å². The highest BCUT2D eigenvalue weighted by Crippen LogP contribution is 2.30. The average molecular weight is 227 g/mol. The Morgan fingerprint density at radius 2 is 2.06 bits per heavy atom. The minimum atomic E-state index is -0.228. The van der Waals surface area contributed by atoms with E-state index in [4.69, 9.17) is 4.74 Å². The molecule has 1 saturated heterocycles. The molecule has 0 spiro atoms. The molecule has 4 nitrogen and oxygen atoms in total. The maximum atomic E-state index is 11.7. The Morgan fingerprint density at radius 3 is 2.75 bits per heavy atom. The molecule has 0 bridgehead atoms. The Hall–Kier alpha value is -0.610. The molecule has 2 rings (SSSR count). The van der Waals surface area contributed by atoms with E-state index in [9.17, 15) is 9.90 Å². The van der Waals surface area contributed by atoms with Crippen LogP contribution in [-0.2, 0) is 9.53 Å². The zero-order valence-corrected chi connectivity index (χ0v) is 9.65. The van der Waals surface area contributed by atoms with Crippen molar-refractivity contribution in [2.24, 2.45) is 11.8 Å². The summed E-state index contributed by atoms with van der Waals surface area (Å²) in [5.74, 6) is 0.862. The van der Waals surface area contributed by atoms with Crippen molar-refractivity contribution in [3.63, 3.8) is 0 Å². The second-order valence-corrected chi connectivity index (χ2v) is 4.88. The van der Waals surface area contributed by atoms with E-state index < -0.39 is 0 Å². The molecule has 16 heavy (non-hydrogen) atoms. The minimum absolute atomic E-state index is 0.0288. The molecule has 2 unspecified atom stereocenters. The van der Waals surface area contributed by atoms with Gasteiger partial charge in [-0.3, -0.25) is 4.79 Å². The van der Waals surface area contributed by atoms with Crippen molar-refractivity contribution in [2.45, 2.75) is 38.2 Å². The third-order valence-corrected chi connectivity index (χ3v) is 3.81. The molecule has 2 fully saturated rings. The Kier molecular flexibility index (Phi) is 4.18. The lowest BCUT2D eigenvalue weighted by molar-refractivity contribution is -0.130. The largest absolute Gasteiger partial charge is 0.396 e. The Bertz CT molecular complexity index is 238. The fraction of sp³-hybridized carbons (Fsp3) is 0.917. The lowest BCUT2D eigenvalue weighted by atomic mass is 9.97. The van der Waals surface area contributed by atoms with Gasteiger partial charge in [0.25, 0.3) is 0 Å². The monoisotopic (exact) mass is 227 g/mol. The highest BCUT2D eigenvalue weighted by molar-refractivity contribution is 5.80. The second-order valence-electron chi connectivity index (χ2n) is 4.88. The van der Waals surface area contributed by atoms with Crippen molar-refractivity contribution in [1.29, 1.82) is 0 Å². The third-order valence-electron chi connectivity index (χ3n) is 3.81. The fourth-order valence-corrected chi connectivity index (χ4v) is 2.75. The summed E-state index contributed by atoms with van der Waals surface area (Å²) in [6.45, 7) is 1.66. The van der Waals surface area contributed by atoms with Crippen molar-refractivity contribution >= 4 is 5.91 Å². The Morgan fingerprint density at radius 1 is 1.25 bits per heavy atom. The van der Waals surface area contributed by atoms with E-state index in [1.165, 1.54) is 6.42 Å². The molecular weight excluding hydrogens is 206 g/mol. The normalized spacial score (nSPS) is 34.2. The van der Waals surface area contributed by atoms with Gasteiger partial charge < -0.3 is 15.2 Å². The quantitative estimate of drug-likeness (QED) is 0.743. The first kappa shape index (κ1) is 11.9. The third kappa shape index (κ3) is 2.74. The van der Waals surface area contributed by atoms with Crippen LogP contribution in [0.1, 0.15) is 32.1 Å². The summed E-state index contributed by atoms with van der Waals surface area (Å²) in [6.07, 6.45) is 4.99. The van der Waals surface area contributed by atoms with Crippen molar-refractivity contribution in [2.75, 3.05) is 19.8 Å². The van der Waals surface area contributed by atoms with Gasteiger partial charge in [0.05, 0.1) is 0 Å². The first-order valence-electron chi connectivity index (χ1n) is 6.31. The molecule has 1 heterocycles. The van der Waals surface area contributed by atoms with Crippen LogP contribution < -0.4 is 5.32 Å². The summed E-state index contributed by atoms with van der Waals surface area (Å²) >= 11 is 0. The van der Waals surface area contributed by atoms with Crippen LogP contribution in [0.15, 0.2) is 0 Å². The molecule has 1 aliphatic carbocycles. The summed E-state index contributed by atoms with van der Waals surface area (Å²) in [4.78, 5) is 11.7. The molecule has 1 saturated carbocycles. The van der Waals surface area contributed by atoms with Crippen LogP contribution in [0.4, 0.5) is 0 Å². The van der Waals surface area contributed by atoms with Gasteiger partial charge in [0.15, 0.2) is 0 Å². The predicted octanol–water partition coefficient (Wildman–Crippen LogP) is 0.690. The van der Waals surface area contributed by atoms with E-state index in [0.717, 1.165) is 25.7 Å². The molecule has 0 aromatic carbocycles. The van der Waals surface area contributed by atoms with Crippen LogP contribution >= 0.6 is 0 Å². The molecule has 0 aromatic rings. The van der Waals surface area contributed by atoms with Crippen molar-refractivity contribution in [1.82, 2.24) is 5.32 Å². The second kappa shape index (κ2) is 5.64. The van der Waals surface area contributed by atoms with Gasteiger partial charge in [-0.25, -0.2) is 0 Å². The fourth-order valence-electron chi connectivity index (χ4n) is 2.75. The van der Waals surface area contributed by atoms with Crippen LogP contribution in [0.2, 0.25) is 0 Å². The van der Waals surface area contributed by atoms with Crippen LogP contribution in [-0.4, -0.2) is 36.9 Å². The van der Waals surface area contributed by atoms with Crippen LogP contribution in [0.3, 0.4) is 0 Å². The highest BCUT2D eigenvalue weighted by Gasteiger charge is 2.28. The van der Waals surface area contributed by atoms with E-state index in [0.29, 0.717) is 25.0 Å². The topological polar surface area (TPSA) is 58.6 Å². The van der Waals surface area contributed by atoms with Gasteiger partial charge in [0.2, 0.25) is 5.91 Å². The summed E-state index contributed by atoms with van der Waals surface area (Å²) in [7, 11) is 0. The molecule has 2 N–H and O–H groups in total. The molecular formula is C12H21NO3. The van der Waals surface area contributed by atoms with Crippen molar-refractivity contribution < 1.29 is 14.6 Å². The molecule has 3 atom stereocenters. The van der Waals surface area contributed by atoms with Crippen LogP contribution in [0, 0.1) is 11.8 Å². The number of ether oxygens (including phenoxy) is 1. The number of amides is 1. The molecule has 92 valence electrons. The number of aliphatic hydroxyl groups is 1. The lowest BCUT2D eigenvalue weighted by Crippen LogP contribution is -2.38. The zero-order chi connectivity index (χ0) is 11.4. The SMILES string of the molecule is O=C(NCC1CCCC1CO)[C@H]1CCCO1. The molecule has 2 aliphatic rings.